The van der Waals surface area contributed by atoms with Gasteiger partial charge in [-0.2, -0.15) is 0 Å². The van der Waals surface area contributed by atoms with Crippen LogP contribution in [0.25, 0.3) is 0 Å². The molecule has 1 unspecified atom stereocenters. The molecule has 0 spiro atoms. The van der Waals surface area contributed by atoms with Crippen LogP contribution in [0, 0.1) is 5.92 Å². The molecule has 0 rings (SSSR count). The molecule has 1 atom stereocenters. The fraction of sp³-hybridized carbons (Fsp3) is 0.875. The van der Waals surface area contributed by atoms with Gasteiger partial charge in [-0.1, -0.05) is 26.7 Å². The Bertz CT molecular complexity index is 109. The maximum absolute atomic E-state index is 10.4. The minimum Gasteiger partial charge on any atom is -0.481 e. The fourth-order valence-corrected chi connectivity index (χ4v) is 0.953. The van der Waals surface area contributed by atoms with Gasteiger partial charge >= 0.3 is 5.97 Å². The first-order valence-corrected chi connectivity index (χ1v) is 3.95. The Balaban J connectivity index is -0.000000405. The third-order valence-corrected chi connectivity index (χ3v) is 1.75. The van der Waals surface area contributed by atoms with E-state index in [1.807, 2.05) is 6.92 Å². The van der Waals surface area contributed by atoms with Crippen LogP contribution in [-0.4, -0.2) is 19.5 Å². The normalized spacial score (nSPS) is 10.8. The molecule has 0 aliphatic rings. The number of hydrogen-bond donors (Lipinski definition) is 1. The molecule has 0 saturated carbocycles. The van der Waals surface area contributed by atoms with Crippen LogP contribution in [0.4, 0.5) is 0 Å². The summed E-state index contributed by atoms with van der Waals surface area (Å²) < 4.78 is 0. The molecule has 0 aromatic rings. The summed E-state index contributed by atoms with van der Waals surface area (Å²) in [6, 6.07) is 0. The third kappa shape index (κ3) is 8.26. The molecule has 2 nitrogen and oxygen atoms in total. The van der Waals surface area contributed by atoms with E-state index in [0.717, 1.165) is 25.7 Å². The molecule has 0 fully saturated rings. The molecule has 0 amide bonds. The molecule has 4 heteroatoms. The van der Waals surface area contributed by atoms with Gasteiger partial charge in [0.15, 0.2) is 0 Å². The molecule has 0 aliphatic heterocycles. The summed E-state index contributed by atoms with van der Waals surface area (Å²) in [4.78, 5) is 10.4. The standard InChI is InChI=1S/C8H16O2.BH3.Zn/c1-3-5-6-7(4-2)8(9)10;;/h7H,3-6H2,1-2H3,(H,9,10);1H3;. The zero-order valence-electron chi connectivity index (χ0n) is 7.47. The average Bonchev–Trinajstić information content (AvgIpc) is 1.89. The first-order valence-electron chi connectivity index (χ1n) is 3.95. The van der Waals surface area contributed by atoms with E-state index in [1.54, 1.807) is 0 Å². The van der Waals surface area contributed by atoms with E-state index in [1.165, 1.54) is 0 Å². The zero-order chi connectivity index (χ0) is 7.98. The molecule has 0 saturated heterocycles. The Hall–Kier alpha value is 0.158. The number of aliphatic carboxylic acids is 1. The Labute approximate surface area is 89.5 Å². The summed E-state index contributed by atoms with van der Waals surface area (Å²) in [5.41, 5.74) is 0. The van der Waals surface area contributed by atoms with Crippen molar-refractivity contribution in [3.63, 3.8) is 0 Å². The number of carboxylic acid groups (broad SMARTS) is 1. The zero-order valence-corrected chi connectivity index (χ0v) is 10.4. The van der Waals surface area contributed by atoms with Crippen molar-refractivity contribution in [2.45, 2.75) is 39.5 Å². The SMILES string of the molecule is B.CCCCC(CC)C(=O)O.[Zn]. The Morgan fingerprint density at radius 2 is 1.92 bits per heavy atom. The Morgan fingerprint density at radius 1 is 1.42 bits per heavy atom. The molecule has 0 heterocycles. The predicted octanol–water partition coefficient (Wildman–Crippen LogP) is 1.10. The molecule has 0 aromatic carbocycles. The smallest absolute Gasteiger partial charge is 0.306 e. The number of carboxylic acids is 1. The first kappa shape index (κ1) is 18.0. The van der Waals surface area contributed by atoms with E-state index in [-0.39, 0.29) is 33.8 Å². The van der Waals surface area contributed by atoms with E-state index < -0.39 is 5.97 Å². The summed E-state index contributed by atoms with van der Waals surface area (Å²) in [6.07, 6.45) is 3.71. The van der Waals surface area contributed by atoms with Crippen LogP contribution in [0.3, 0.4) is 0 Å². The van der Waals surface area contributed by atoms with Gasteiger partial charge < -0.3 is 5.11 Å². The molecule has 12 heavy (non-hydrogen) atoms. The minimum absolute atomic E-state index is 0. The molecule has 0 bridgehead atoms. The van der Waals surface area contributed by atoms with Gasteiger partial charge in [-0.15, -0.1) is 0 Å². The van der Waals surface area contributed by atoms with Crippen molar-refractivity contribution >= 4 is 14.4 Å². The van der Waals surface area contributed by atoms with Crippen LogP contribution in [0.15, 0.2) is 0 Å². The van der Waals surface area contributed by atoms with E-state index in [4.69, 9.17) is 5.11 Å². The summed E-state index contributed by atoms with van der Waals surface area (Å²) >= 11 is 0. The van der Waals surface area contributed by atoms with Gasteiger partial charge in [0.25, 0.3) is 0 Å². The summed E-state index contributed by atoms with van der Waals surface area (Å²) in [5.74, 6) is -0.754. The average molecular weight is 223 g/mol. The van der Waals surface area contributed by atoms with Gasteiger partial charge in [0.05, 0.1) is 14.3 Å². The quantitative estimate of drug-likeness (QED) is 0.709. The number of unbranched alkanes of at least 4 members (excludes halogenated alkanes) is 1. The van der Waals surface area contributed by atoms with Gasteiger partial charge in [-0.3, -0.25) is 4.79 Å². The molecule has 0 radical (unpaired) electrons. The summed E-state index contributed by atoms with van der Waals surface area (Å²) in [7, 11) is 0. The third-order valence-electron chi connectivity index (χ3n) is 1.75. The van der Waals surface area contributed by atoms with E-state index in [2.05, 4.69) is 6.92 Å². The number of hydrogen-bond acceptors (Lipinski definition) is 1. The van der Waals surface area contributed by atoms with Crippen LogP contribution in [0.2, 0.25) is 0 Å². The van der Waals surface area contributed by atoms with E-state index in [9.17, 15) is 4.79 Å². The maximum Gasteiger partial charge on any atom is 0.306 e. The van der Waals surface area contributed by atoms with Crippen LogP contribution in [-0.2, 0) is 24.3 Å². The minimum atomic E-state index is -0.643. The van der Waals surface area contributed by atoms with E-state index >= 15 is 0 Å². The van der Waals surface area contributed by atoms with Crippen LogP contribution >= 0.6 is 0 Å². The van der Waals surface area contributed by atoms with Crippen molar-refractivity contribution < 1.29 is 29.4 Å². The largest absolute Gasteiger partial charge is 0.481 e. The van der Waals surface area contributed by atoms with Crippen molar-refractivity contribution in [3.8, 4) is 0 Å². The summed E-state index contributed by atoms with van der Waals surface area (Å²) in [5, 5.41) is 8.60. The maximum atomic E-state index is 10.4. The Kier molecular flexibility index (Phi) is 16.8. The van der Waals surface area contributed by atoms with Crippen molar-refractivity contribution in [1.29, 1.82) is 0 Å². The molecule has 68 valence electrons. The van der Waals surface area contributed by atoms with Gasteiger partial charge in [-0.05, 0) is 12.8 Å². The fourth-order valence-electron chi connectivity index (χ4n) is 0.953. The summed E-state index contributed by atoms with van der Waals surface area (Å²) in [6.45, 7) is 4.00. The second-order valence-electron chi connectivity index (χ2n) is 2.59. The molecular weight excluding hydrogens is 204 g/mol. The van der Waals surface area contributed by atoms with Crippen LogP contribution in [0.1, 0.15) is 39.5 Å². The molecular formula is C8H19BO2Zn. The van der Waals surface area contributed by atoms with Crippen molar-refractivity contribution in [2.24, 2.45) is 5.92 Å². The van der Waals surface area contributed by atoms with Crippen LogP contribution in [0.5, 0.6) is 0 Å². The monoisotopic (exact) mass is 222 g/mol. The second kappa shape index (κ2) is 11.2. The molecule has 0 aromatic heterocycles. The van der Waals surface area contributed by atoms with Crippen LogP contribution < -0.4 is 0 Å². The number of rotatable bonds is 5. The molecule has 0 aliphatic carbocycles. The van der Waals surface area contributed by atoms with Gasteiger partial charge in [0.2, 0.25) is 0 Å². The second-order valence-corrected chi connectivity index (χ2v) is 2.59. The Morgan fingerprint density at radius 3 is 2.17 bits per heavy atom. The van der Waals surface area contributed by atoms with Crippen molar-refractivity contribution in [1.82, 2.24) is 0 Å². The van der Waals surface area contributed by atoms with Crippen molar-refractivity contribution in [2.75, 3.05) is 0 Å². The van der Waals surface area contributed by atoms with Gasteiger partial charge in [-0.25, -0.2) is 0 Å². The van der Waals surface area contributed by atoms with E-state index in [0.29, 0.717) is 0 Å². The first-order chi connectivity index (χ1) is 4.72. The molecule has 1 N–H and O–H groups in total. The number of carbonyl (C=O) groups is 1. The topological polar surface area (TPSA) is 37.3 Å². The van der Waals surface area contributed by atoms with Gasteiger partial charge in [0, 0.05) is 19.5 Å². The van der Waals surface area contributed by atoms with Gasteiger partial charge in [0.1, 0.15) is 0 Å². The predicted molar refractivity (Wildman–Crippen MR) is 50.9 cm³/mol. The van der Waals surface area contributed by atoms with Crippen molar-refractivity contribution in [3.05, 3.63) is 0 Å².